The molecule has 0 fully saturated rings. The van der Waals surface area contributed by atoms with Gasteiger partial charge in [0.25, 0.3) is 5.76 Å². The van der Waals surface area contributed by atoms with E-state index in [2.05, 4.69) is 5.32 Å². The Bertz CT molecular complexity index is 542. The molecule has 0 aliphatic carbocycles. The number of anilines is 1. The smallest absolute Gasteiger partial charge is 0.288 e. The normalized spacial score (nSPS) is 12.7. The van der Waals surface area contributed by atoms with Crippen molar-refractivity contribution in [3.8, 4) is 0 Å². The average molecular weight is 283 g/mol. The zero-order chi connectivity index (χ0) is 13.8. The van der Waals surface area contributed by atoms with Crippen LogP contribution in [0.1, 0.15) is 24.5 Å². The van der Waals surface area contributed by atoms with Gasteiger partial charge >= 0.3 is 0 Å². The Kier molecular flexibility index (Phi) is 4.47. The Morgan fingerprint density at radius 3 is 2.53 bits per heavy atom. The minimum absolute atomic E-state index is 0.0758. The Hall–Kier alpha value is -1.49. The second kappa shape index (κ2) is 6.10. The van der Waals surface area contributed by atoms with Crippen LogP contribution in [0.2, 0.25) is 0 Å². The van der Waals surface area contributed by atoms with Crippen LogP contribution in [0.15, 0.2) is 45.7 Å². The molecule has 0 radical (unpaired) electrons. The number of para-hydroxylation sites is 1. The Balaban J connectivity index is 2.14. The fourth-order valence-electron chi connectivity index (χ4n) is 1.78. The number of hydrogen-bond donors (Lipinski definition) is 1. The SMILES string of the molecule is Cc1ccc(C(C)Nc2ccccc2SC(F)F)o1. The third-order valence-electron chi connectivity index (χ3n) is 2.66. The monoisotopic (exact) mass is 283 g/mol. The van der Waals surface area contributed by atoms with Gasteiger partial charge in [0.15, 0.2) is 0 Å². The summed E-state index contributed by atoms with van der Waals surface area (Å²) in [7, 11) is 0. The molecule has 1 heterocycles. The summed E-state index contributed by atoms with van der Waals surface area (Å²) < 4.78 is 30.5. The molecule has 0 bridgehead atoms. The average Bonchev–Trinajstić information content (AvgIpc) is 2.78. The fourth-order valence-corrected chi connectivity index (χ4v) is 2.38. The first-order chi connectivity index (χ1) is 9.06. The van der Waals surface area contributed by atoms with Gasteiger partial charge in [-0.3, -0.25) is 0 Å². The van der Waals surface area contributed by atoms with Crippen molar-refractivity contribution in [2.24, 2.45) is 0 Å². The van der Waals surface area contributed by atoms with Crippen molar-refractivity contribution >= 4 is 17.4 Å². The lowest BCUT2D eigenvalue weighted by atomic mass is 10.2. The van der Waals surface area contributed by atoms with Crippen molar-refractivity contribution in [2.75, 3.05) is 5.32 Å². The summed E-state index contributed by atoms with van der Waals surface area (Å²) in [6.07, 6.45) is 0. The molecular formula is C14H15F2NOS. The zero-order valence-electron chi connectivity index (χ0n) is 10.7. The molecular weight excluding hydrogens is 268 g/mol. The maximum Gasteiger partial charge on any atom is 0.288 e. The summed E-state index contributed by atoms with van der Waals surface area (Å²) in [4.78, 5) is 0.535. The summed E-state index contributed by atoms with van der Waals surface area (Å²) in [5.41, 5.74) is 0.689. The van der Waals surface area contributed by atoms with Gasteiger partial charge in [-0.1, -0.05) is 23.9 Å². The van der Waals surface area contributed by atoms with E-state index in [0.717, 1.165) is 11.5 Å². The second-order valence-electron chi connectivity index (χ2n) is 4.19. The lowest BCUT2D eigenvalue weighted by molar-refractivity contribution is 0.252. The van der Waals surface area contributed by atoms with Crippen LogP contribution in [0.5, 0.6) is 0 Å². The summed E-state index contributed by atoms with van der Waals surface area (Å²) in [5.74, 6) is -0.808. The first-order valence-corrected chi connectivity index (χ1v) is 6.81. The van der Waals surface area contributed by atoms with Gasteiger partial charge in [-0.15, -0.1) is 0 Å². The number of hydrogen-bond acceptors (Lipinski definition) is 3. The van der Waals surface area contributed by atoms with Crippen LogP contribution in [0, 0.1) is 6.92 Å². The Morgan fingerprint density at radius 2 is 1.89 bits per heavy atom. The van der Waals surface area contributed by atoms with E-state index in [1.165, 1.54) is 0 Å². The number of benzene rings is 1. The summed E-state index contributed by atoms with van der Waals surface area (Å²) in [5, 5.41) is 3.20. The van der Waals surface area contributed by atoms with Gasteiger partial charge in [-0.2, -0.15) is 8.78 Å². The van der Waals surface area contributed by atoms with Gasteiger partial charge < -0.3 is 9.73 Å². The second-order valence-corrected chi connectivity index (χ2v) is 5.22. The molecule has 1 aromatic carbocycles. The molecule has 0 aliphatic rings. The van der Waals surface area contributed by atoms with Crippen molar-refractivity contribution in [2.45, 2.75) is 30.5 Å². The van der Waals surface area contributed by atoms with Crippen LogP contribution in [0.3, 0.4) is 0 Å². The van der Waals surface area contributed by atoms with Crippen molar-refractivity contribution in [3.05, 3.63) is 47.9 Å². The summed E-state index contributed by atoms with van der Waals surface area (Å²) in [6, 6.07) is 10.7. The van der Waals surface area contributed by atoms with Crippen molar-refractivity contribution in [1.29, 1.82) is 0 Å². The number of furan rings is 1. The van der Waals surface area contributed by atoms with E-state index in [-0.39, 0.29) is 6.04 Å². The van der Waals surface area contributed by atoms with Crippen LogP contribution in [-0.2, 0) is 0 Å². The van der Waals surface area contributed by atoms with Crippen LogP contribution in [-0.4, -0.2) is 5.76 Å². The van der Waals surface area contributed by atoms with Gasteiger partial charge in [0, 0.05) is 10.6 Å². The first-order valence-electron chi connectivity index (χ1n) is 5.93. The molecule has 2 rings (SSSR count). The van der Waals surface area contributed by atoms with Gasteiger partial charge in [0.05, 0.1) is 6.04 Å². The number of thioether (sulfide) groups is 1. The summed E-state index contributed by atoms with van der Waals surface area (Å²) in [6.45, 7) is 3.80. The highest BCUT2D eigenvalue weighted by Crippen LogP contribution is 2.33. The molecule has 102 valence electrons. The quantitative estimate of drug-likeness (QED) is 0.775. The maximum absolute atomic E-state index is 12.5. The standard InChI is InChI=1S/C14H15F2NOS/c1-9-7-8-12(18-9)10(2)17-11-5-3-4-6-13(11)19-14(15)16/h3-8,10,14,17H,1-2H3. The van der Waals surface area contributed by atoms with E-state index in [9.17, 15) is 8.78 Å². The highest BCUT2D eigenvalue weighted by atomic mass is 32.2. The van der Waals surface area contributed by atoms with Crippen LogP contribution >= 0.6 is 11.8 Å². The number of halogens is 2. The van der Waals surface area contributed by atoms with Crippen LogP contribution in [0.25, 0.3) is 0 Å². The third kappa shape index (κ3) is 3.73. The molecule has 1 unspecified atom stereocenters. The Morgan fingerprint density at radius 1 is 1.16 bits per heavy atom. The van der Waals surface area contributed by atoms with Crippen molar-refractivity contribution in [1.82, 2.24) is 0 Å². The largest absolute Gasteiger partial charge is 0.464 e. The molecule has 0 spiro atoms. The number of nitrogens with one attached hydrogen (secondary N) is 1. The molecule has 0 saturated carbocycles. The highest BCUT2D eigenvalue weighted by Gasteiger charge is 2.13. The molecule has 0 aliphatic heterocycles. The molecule has 2 aromatic rings. The van der Waals surface area contributed by atoms with E-state index in [1.54, 1.807) is 18.2 Å². The van der Waals surface area contributed by atoms with E-state index in [0.29, 0.717) is 22.3 Å². The first kappa shape index (κ1) is 13.9. The van der Waals surface area contributed by atoms with Crippen LogP contribution in [0.4, 0.5) is 14.5 Å². The maximum atomic E-state index is 12.5. The van der Waals surface area contributed by atoms with Gasteiger partial charge in [-0.25, -0.2) is 0 Å². The topological polar surface area (TPSA) is 25.2 Å². The van der Waals surface area contributed by atoms with Crippen LogP contribution < -0.4 is 5.32 Å². The number of alkyl halides is 2. The third-order valence-corrected chi connectivity index (χ3v) is 3.45. The van der Waals surface area contributed by atoms with Gasteiger partial charge in [-0.05, 0) is 38.1 Å². The van der Waals surface area contributed by atoms with E-state index in [4.69, 9.17) is 4.42 Å². The molecule has 1 N–H and O–H groups in total. The minimum atomic E-state index is -2.43. The minimum Gasteiger partial charge on any atom is -0.464 e. The van der Waals surface area contributed by atoms with Crippen molar-refractivity contribution in [3.63, 3.8) is 0 Å². The van der Waals surface area contributed by atoms with E-state index in [1.807, 2.05) is 32.0 Å². The molecule has 0 amide bonds. The molecule has 1 aromatic heterocycles. The number of rotatable bonds is 5. The van der Waals surface area contributed by atoms with E-state index < -0.39 is 5.76 Å². The summed E-state index contributed by atoms with van der Waals surface area (Å²) >= 11 is 0.541. The molecule has 0 saturated heterocycles. The van der Waals surface area contributed by atoms with Gasteiger partial charge in [0.1, 0.15) is 11.5 Å². The molecule has 2 nitrogen and oxygen atoms in total. The molecule has 1 atom stereocenters. The zero-order valence-corrected chi connectivity index (χ0v) is 11.5. The highest BCUT2D eigenvalue weighted by molar-refractivity contribution is 7.99. The van der Waals surface area contributed by atoms with Gasteiger partial charge in [0.2, 0.25) is 0 Å². The molecule has 5 heteroatoms. The number of aryl methyl sites for hydroxylation is 1. The lowest BCUT2D eigenvalue weighted by Crippen LogP contribution is -2.06. The fraction of sp³-hybridized carbons (Fsp3) is 0.286. The van der Waals surface area contributed by atoms with E-state index >= 15 is 0 Å². The lowest BCUT2D eigenvalue weighted by Gasteiger charge is -2.16. The molecule has 19 heavy (non-hydrogen) atoms. The predicted molar refractivity (Wildman–Crippen MR) is 73.8 cm³/mol. The van der Waals surface area contributed by atoms with Crippen molar-refractivity contribution < 1.29 is 13.2 Å². The Labute approximate surface area is 115 Å². The predicted octanol–water partition coefficient (Wildman–Crippen LogP) is 5.08.